The Morgan fingerprint density at radius 1 is 1.20 bits per heavy atom. The van der Waals surface area contributed by atoms with Crippen LogP contribution in [0.4, 0.5) is 19.3 Å². The van der Waals surface area contributed by atoms with Crippen molar-refractivity contribution in [3.05, 3.63) is 75.3 Å². The summed E-state index contributed by atoms with van der Waals surface area (Å²) in [5.41, 5.74) is 0.880. The lowest BCUT2D eigenvalue weighted by atomic mass is 9.98. The molecular weight excluding hydrogens is 336 g/mol. The third-order valence-corrected chi connectivity index (χ3v) is 3.79. The fraction of sp³-hybridized carbons (Fsp3) is 0.125. The first-order valence-electron chi connectivity index (χ1n) is 7.15. The predicted octanol–water partition coefficient (Wildman–Crippen LogP) is 3.70. The number of carboxylic acid groups (broad SMARTS) is 1. The van der Waals surface area contributed by atoms with Crippen molar-refractivity contribution in [3.63, 3.8) is 0 Å². The molecule has 0 aliphatic carbocycles. The summed E-state index contributed by atoms with van der Waals surface area (Å²) >= 11 is 0. The topological polar surface area (TPSA) is 96.0 Å². The second-order valence-corrected chi connectivity index (χ2v) is 5.40. The van der Waals surface area contributed by atoms with E-state index >= 15 is 0 Å². The molecule has 1 amide bonds. The molecule has 0 aromatic heterocycles. The van der Waals surface area contributed by atoms with E-state index < -0.39 is 28.7 Å². The quantitative estimate of drug-likeness (QED) is 0.676. The Kier molecular flexibility index (Phi) is 4.14. The zero-order valence-electron chi connectivity index (χ0n) is 12.6. The number of nitro groups is 1. The molecule has 7 nitrogen and oxygen atoms in total. The highest BCUT2D eigenvalue weighted by Gasteiger charge is 2.33. The van der Waals surface area contributed by atoms with Crippen molar-refractivity contribution < 1.29 is 23.6 Å². The van der Waals surface area contributed by atoms with Gasteiger partial charge in [-0.1, -0.05) is 0 Å². The number of hydrazone groups is 1. The highest BCUT2D eigenvalue weighted by atomic mass is 19.1. The van der Waals surface area contributed by atoms with Gasteiger partial charge in [0.05, 0.1) is 16.7 Å². The van der Waals surface area contributed by atoms with Gasteiger partial charge in [-0.3, -0.25) is 10.1 Å². The van der Waals surface area contributed by atoms with Crippen LogP contribution in [-0.2, 0) is 0 Å². The number of hydrogen-bond acceptors (Lipinski definition) is 4. The lowest BCUT2D eigenvalue weighted by molar-refractivity contribution is -0.384. The number of halogens is 2. The van der Waals surface area contributed by atoms with Crippen LogP contribution < -0.4 is 0 Å². The molecule has 128 valence electrons. The van der Waals surface area contributed by atoms with Gasteiger partial charge in [0.2, 0.25) is 0 Å². The molecule has 0 spiro atoms. The predicted molar refractivity (Wildman–Crippen MR) is 83.2 cm³/mol. The summed E-state index contributed by atoms with van der Waals surface area (Å²) in [6.07, 6.45) is -1.28. The first kappa shape index (κ1) is 16.5. The molecule has 0 saturated carbocycles. The van der Waals surface area contributed by atoms with E-state index in [-0.39, 0.29) is 17.7 Å². The SMILES string of the molecule is O=C(O)N1N=C(c2ccc([N+](=O)[O-])cc2)C[C@H]1c1cc(F)cc(F)c1. The molecule has 9 heteroatoms. The summed E-state index contributed by atoms with van der Waals surface area (Å²) in [6.45, 7) is 0. The minimum atomic E-state index is -1.37. The summed E-state index contributed by atoms with van der Waals surface area (Å²) < 4.78 is 26.9. The molecule has 1 aliphatic heterocycles. The maximum atomic E-state index is 13.4. The summed E-state index contributed by atoms with van der Waals surface area (Å²) in [5.74, 6) is -1.63. The normalized spacial score (nSPS) is 16.6. The monoisotopic (exact) mass is 347 g/mol. The average molecular weight is 347 g/mol. The van der Waals surface area contributed by atoms with Gasteiger partial charge < -0.3 is 5.11 Å². The molecule has 2 aromatic rings. The van der Waals surface area contributed by atoms with Crippen molar-refractivity contribution in [3.8, 4) is 0 Å². The third-order valence-electron chi connectivity index (χ3n) is 3.79. The summed E-state index contributed by atoms with van der Waals surface area (Å²) in [7, 11) is 0. The van der Waals surface area contributed by atoms with Gasteiger partial charge in [-0.05, 0) is 35.4 Å². The molecule has 0 saturated heterocycles. The van der Waals surface area contributed by atoms with Gasteiger partial charge in [0.1, 0.15) is 11.6 Å². The fourth-order valence-corrected chi connectivity index (χ4v) is 2.66. The molecule has 1 N–H and O–H groups in total. The molecule has 0 bridgehead atoms. The minimum Gasteiger partial charge on any atom is -0.464 e. The Labute approximate surface area is 140 Å². The average Bonchev–Trinajstić information content (AvgIpc) is 2.99. The van der Waals surface area contributed by atoms with E-state index in [4.69, 9.17) is 0 Å². The number of nitro benzene ring substituents is 1. The van der Waals surface area contributed by atoms with Crippen LogP contribution in [0.1, 0.15) is 23.6 Å². The van der Waals surface area contributed by atoms with E-state index in [2.05, 4.69) is 5.10 Å². The van der Waals surface area contributed by atoms with E-state index in [0.29, 0.717) is 17.3 Å². The molecule has 25 heavy (non-hydrogen) atoms. The molecule has 2 aromatic carbocycles. The highest BCUT2D eigenvalue weighted by molar-refractivity contribution is 6.02. The van der Waals surface area contributed by atoms with Gasteiger partial charge in [-0.2, -0.15) is 10.1 Å². The number of rotatable bonds is 3. The Morgan fingerprint density at radius 3 is 2.32 bits per heavy atom. The molecule has 0 unspecified atom stereocenters. The minimum absolute atomic E-state index is 0.0903. The highest BCUT2D eigenvalue weighted by Crippen LogP contribution is 2.33. The van der Waals surface area contributed by atoms with Gasteiger partial charge in [0.15, 0.2) is 0 Å². The van der Waals surface area contributed by atoms with Crippen molar-refractivity contribution in [2.45, 2.75) is 12.5 Å². The molecular formula is C16H11F2N3O4. The van der Waals surface area contributed by atoms with Gasteiger partial charge in [-0.15, -0.1) is 0 Å². The molecule has 0 fully saturated rings. The lowest BCUT2D eigenvalue weighted by Gasteiger charge is -2.18. The lowest BCUT2D eigenvalue weighted by Crippen LogP contribution is -2.25. The number of carbonyl (C=O) groups is 1. The van der Waals surface area contributed by atoms with Crippen LogP contribution >= 0.6 is 0 Å². The second kappa shape index (κ2) is 6.27. The van der Waals surface area contributed by atoms with Crippen LogP contribution in [0.5, 0.6) is 0 Å². The summed E-state index contributed by atoms with van der Waals surface area (Å²) in [4.78, 5) is 21.6. The maximum absolute atomic E-state index is 13.4. The fourth-order valence-electron chi connectivity index (χ4n) is 2.66. The maximum Gasteiger partial charge on any atom is 0.428 e. The van der Waals surface area contributed by atoms with Crippen molar-refractivity contribution in [2.24, 2.45) is 5.10 Å². The zero-order chi connectivity index (χ0) is 18.1. The van der Waals surface area contributed by atoms with Crippen molar-refractivity contribution in [2.75, 3.05) is 0 Å². The van der Waals surface area contributed by atoms with E-state index in [1.165, 1.54) is 24.3 Å². The standard InChI is InChI=1S/C16H11F2N3O4/c17-11-5-10(6-12(18)7-11)15-8-14(19-20(15)16(22)23)9-1-3-13(4-2-9)21(24)25/h1-7,15H,8H2,(H,22,23)/t15-/m0/s1. The smallest absolute Gasteiger partial charge is 0.428 e. The first-order valence-corrected chi connectivity index (χ1v) is 7.15. The van der Waals surface area contributed by atoms with Crippen LogP contribution in [-0.4, -0.2) is 26.8 Å². The van der Waals surface area contributed by atoms with Crippen molar-refractivity contribution in [1.82, 2.24) is 5.01 Å². The molecule has 1 atom stereocenters. The number of benzene rings is 2. The zero-order valence-corrected chi connectivity index (χ0v) is 12.6. The van der Waals surface area contributed by atoms with Crippen LogP contribution in [0.3, 0.4) is 0 Å². The number of hydrogen-bond donors (Lipinski definition) is 1. The van der Waals surface area contributed by atoms with Gasteiger partial charge in [0.25, 0.3) is 5.69 Å². The van der Waals surface area contributed by atoms with E-state index in [9.17, 15) is 28.8 Å². The Hall–Kier alpha value is -3.36. The molecule has 1 heterocycles. The first-order chi connectivity index (χ1) is 11.8. The number of nitrogens with zero attached hydrogens (tertiary/aromatic N) is 3. The van der Waals surface area contributed by atoms with E-state index in [1.807, 2.05) is 0 Å². The van der Waals surface area contributed by atoms with Crippen LogP contribution in [0.2, 0.25) is 0 Å². The number of amides is 1. The molecule has 1 aliphatic rings. The second-order valence-electron chi connectivity index (χ2n) is 5.40. The van der Waals surface area contributed by atoms with Gasteiger partial charge in [-0.25, -0.2) is 13.6 Å². The van der Waals surface area contributed by atoms with Gasteiger partial charge >= 0.3 is 6.09 Å². The van der Waals surface area contributed by atoms with Crippen LogP contribution in [0.15, 0.2) is 47.6 Å². The Bertz CT molecular complexity index is 863. The van der Waals surface area contributed by atoms with Crippen molar-refractivity contribution >= 4 is 17.5 Å². The van der Waals surface area contributed by atoms with Crippen LogP contribution in [0, 0.1) is 21.7 Å². The number of non-ortho nitro benzene ring substituents is 1. The Morgan fingerprint density at radius 2 is 1.80 bits per heavy atom. The van der Waals surface area contributed by atoms with Gasteiger partial charge in [0, 0.05) is 24.6 Å². The molecule has 3 rings (SSSR count). The van der Waals surface area contributed by atoms with E-state index in [1.54, 1.807) is 0 Å². The summed E-state index contributed by atoms with van der Waals surface area (Å²) in [6, 6.07) is 7.37. The summed E-state index contributed by atoms with van der Waals surface area (Å²) in [5, 5.41) is 24.7. The molecule has 0 radical (unpaired) electrons. The third kappa shape index (κ3) is 3.30. The van der Waals surface area contributed by atoms with E-state index in [0.717, 1.165) is 17.1 Å². The largest absolute Gasteiger partial charge is 0.464 e. The van der Waals surface area contributed by atoms with Crippen molar-refractivity contribution in [1.29, 1.82) is 0 Å². The Balaban J connectivity index is 1.94. The van der Waals surface area contributed by atoms with Crippen LogP contribution in [0.25, 0.3) is 0 Å².